The Morgan fingerprint density at radius 3 is 2.81 bits per heavy atom. The highest BCUT2D eigenvalue weighted by Gasteiger charge is 2.20. The summed E-state index contributed by atoms with van der Waals surface area (Å²) in [7, 11) is 0. The van der Waals surface area contributed by atoms with Crippen molar-refractivity contribution in [3.8, 4) is 0 Å². The maximum Gasteiger partial charge on any atom is 0.287 e. The van der Waals surface area contributed by atoms with E-state index in [4.69, 9.17) is 4.42 Å². The van der Waals surface area contributed by atoms with Gasteiger partial charge >= 0.3 is 0 Å². The van der Waals surface area contributed by atoms with Gasteiger partial charge in [0.15, 0.2) is 11.7 Å². The Labute approximate surface area is 163 Å². The molecule has 0 saturated carbocycles. The molecule has 0 radical (unpaired) electrons. The van der Waals surface area contributed by atoms with Crippen LogP contribution in [0, 0.1) is 0 Å². The molecule has 0 aliphatic carbocycles. The molecule has 3 heterocycles. The average Bonchev–Trinajstić information content (AvgIpc) is 3.39. The van der Waals surface area contributed by atoms with Crippen LogP contribution < -0.4 is 20.9 Å². The predicted molar refractivity (Wildman–Crippen MR) is 110 cm³/mol. The van der Waals surface area contributed by atoms with E-state index in [1.165, 1.54) is 11.3 Å². The number of carbonyl (C=O) groups excluding carboxylic acids is 1. The average molecular weight is 390 g/mol. The summed E-state index contributed by atoms with van der Waals surface area (Å²) in [5.74, 6) is 0.912. The molecule has 1 fully saturated rings. The SMILES string of the molecule is CCNC(=NCCNC(=O)c1ccco1)NC1CCN(c2cccs2)CC1. The van der Waals surface area contributed by atoms with E-state index in [0.717, 1.165) is 38.4 Å². The van der Waals surface area contributed by atoms with Crippen molar-refractivity contribution in [2.45, 2.75) is 25.8 Å². The van der Waals surface area contributed by atoms with Gasteiger partial charge in [-0.15, -0.1) is 11.3 Å². The van der Waals surface area contributed by atoms with Crippen LogP contribution in [0.1, 0.15) is 30.3 Å². The zero-order chi connectivity index (χ0) is 18.9. The smallest absolute Gasteiger partial charge is 0.287 e. The highest BCUT2D eigenvalue weighted by atomic mass is 32.1. The molecule has 1 amide bonds. The summed E-state index contributed by atoms with van der Waals surface area (Å²) >= 11 is 1.80. The van der Waals surface area contributed by atoms with Gasteiger partial charge in [-0.25, -0.2) is 0 Å². The van der Waals surface area contributed by atoms with Crippen LogP contribution in [0.4, 0.5) is 5.00 Å². The number of rotatable bonds is 7. The first kappa shape index (κ1) is 19.3. The summed E-state index contributed by atoms with van der Waals surface area (Å²) in [5.41, 5.74) is 0. The first-order valence-electron chi connectivity index (χ1n) is 9.41. The highest BCUT2D eigenvalue weighted by Crippen LogP contribution is 2.24. The van der Waals surface area contributed by atoms with E-state index in [1.807, 2.05) is 0 Å². The van der Waals surface area contributed by atoms with E-state index < -0.39 is 0 Å². The number of nitrogens with one attached hydrogen (secondary N) is 3. The number of nitrogens with zero attached hydrogens (tertiary/aromatic N) is 2. The largest absolute Gasteiger partial charge is 0.459 e. The number of furan rings is 1. The fourth-order valence-corrected chi connectivity index (χ4v) is 3.82. The molecule has 7 nitrogen and oxygen atoms in total. The number of hydrogen-bond donors (Lipinski definition) is 3. The van der Waals surface area contributed by atoms with Gasteiger partial charge in [0.25, 0.3) is 5.91 Å². The number of piperidine rings is 1. The summed E-state index contributed by atoms with van der Waals surface area (Å²) in [6, 6.07) is 8.04. The van der Waals surface area contributed by atoms with Gasteiger partial charge in [-0.2, -0.15) is 0 Å². The molecule has 0 aromatic carbocycles. The molecule has 0 spiro atoms. The first-order valence-corrected chi connectivity index (χ1v) is 10.3. The molecule has 0 unspecified atom stereocenters. The number of aliphatic imine (C=N–C) groups is 1. The van der Waals surface area contributed by atoms with Gasteiger partial charge < -0.3 is 25.3 Å². The molecule has 1 saturated heterocycles. The van der Waals surface area contributed by atoms with E-state index in [1.54, 1.807) is 23.5 Å². The van der Waals surface area contributed by atoms with E-state index in [0.29, 0.717) is 24.9 Å². The van der Waals surface area contributed by atoms with Crippen LogP contribution in [-0.4, -0.2) is 50.6 Å². The van der Waals surface area contributed by atoms with Gasteiger partial charge in [-0.05, 0) is 49.4 Å². The van der Waals surface area contributed by atoms with Crippen LogP contribution in [0.2, 0.25) is 0 Å². The van der Waals surface area contributed by atoms with Crippen molar-refractivity contribution in [3.05, 3.63) is 41.7 Å². The number of thiophene rings is 1. The van der Waals surface area contributed by atoms with Crippen molar-refractivity contribution in [1.82, 2.24) is 16.0 Å². The number of anilines is 1. The lowest BCUT2D eigenvalue weighted by atomic mass is 10.1. The molecular weight excluding hydrogens is 362 g/mol. The number of guanidine groups is 1. The van der Waals surface area contributed by atoms with Crippen LogP contribution in [0.5, 0.6) is 0 Å². The summed E-state index contributed by atoms with van der Waals surface area (Å²) in [6.07, 6.45) is 3.65. The molecule has 8 heteroatoms. The van der Waals surface area contributed by atoms with Crippen LogP contribution in [-0.2, 0) is 0 Å². The summed E-state index contributed by atoms with van der Waals surface area (Å²) in [4.78, 5) is 18.8. The molecule has 3 N–H and O–H groups in total. The summed E-state index contributed by atoms with van der Waals surface area (Å²) < 4.78 is 5.07. The molecule has 146 valence electrons. The lowest BCUT2D eigenvalue weighted by Crippen LogP contribution is -2.48. The summed E-state index contributed by atoms with van der Waals surface area (Å²) in [5, 5.41) is 13.1. The van der Waals surface area contributed by atoms with E-state index in [-0.39, 0.29) is 5.91 Å². The fourth-order valence-electron chi connectivity index (χ4n) is 3.04. The molecule has 2 aromatic heterocycles. The van der Waals surface area contributed by atoms with E-state index in [9.17, 15) is 4.79 Å². The van der Waals surface area contributed by atoms with Crippen molar-refractivity contribution >= 4 is 28.2 Å². The number of hydrogen-bond acceptors (Lipinski definition) is 5. The van der Waals surface area contributed by atoms with Crippen molar-refractivity contribution in [2.75, 3.05) is 37.6 Å². The second-order valence-corrected chi connectivity index (χ2v) is 7.28. The van der Waals surface area contributed by atoms with Gasteiger partial charge in [0, 0.05) is 32.2 Å². The van der Waals surface area contributed by atoms with Gasteiger partial charge in [0.1, 0.15) is 0 Å². The van der Waals surface area contributed by atoms with Crippen LogP contribution in [0.3, 0.4) is 0 Å². The van der Waals surface area contributed by atoms with Gasteiger partial charge in [-0.3, -0.25) is 9.79 Å². The molecule has 1 aliphatic rings. The topological polar surface area (TPSA) is 81.9 Å². The zero-order valence-corrected chi connectivity index (χ0v) is 16.4. The first-order chi connectivity index (χ1) is 13.3. The highest BCUT2D eigenvalue weighted by molar-refractivity contribution is 7.14. The van der Waals surface area contributed by atoms with Crippen molar-refractivity contribution in [1.29, 1.82) is 0 Å². The minimum atomic E-state index is -0.214. The van der Waals surface area contributed by atoms with Crippen molar-refractivity contribution in [3.63, 3.8) is 0 Å². The summed E-state index contributed by atoms with van der Waals surface area (Å²) in [6.45, 7) is 5.93. The minimum Gasteiger partial charge on any atom is -0.459 e. The Morgan fingerprint density at radius 2 is 2.15 bits per heavy atom. The number of amides is 1. The maximum atomic E-state index is 11.8. The molecule has 0 bridgehead atoms. The van der Waals surface area contributed by atoms with E-state index >= 15 is 0 Å². The zero-order valence-electron chi connectivity index (χ0n) is 15.6. The third-order valence-corrected chi connectivity index (χ3v) is 5.34. The van der Waals surface area contributed by atoms with E-state index in [2.05, 4.69) is 50.3 Å². The third kappa shape index (κ3) is 5.75. The second kappa shape index (κ2) is 10.0. The monoisotopic (exact) mass is 389 g/mol. The molecule has 2 aromatic rings. The Bertz CT molecular complexity index is 707. The Kier molecular flexibility index (Phi) is 7.15. The van der Waals surface area contributed by atoms with Gasteiger partial charge in [0.05, 0.1) is 17.8 Å². The molecule has 1 aliphatic heterocycles. The normalized spacial score (nSPS) is 15.6. The molecule has 3 rings (SSSR count). The lowest BCUT2D eigenvalue weighted by Gasteiger charge is -2.33. The Balaban J connectivity index is 1.41. The van der Waals surface area contributed by atoms with Crippen LogP contribution >= 0.6 is 11.3 Å². The van der Waals surface area contributed by atoms with Gasteiger partial charge in [-0.1, -0.05) is 0 Å². The second-order valence-electron chi connectivity index (χ2n) is 6.35. The van der Waals surface area contributed by atoms with Crippen LogP contribution in [0.25, 0.3) is 0 Å². The lowest BCUT2D eigenvalue weighted by molar-refractivity contribution is 0.0927. The molecular formula is C19H27N5O2S. The van der Waals surface area contributed by atoms with Crippen molar-refractivity contribution < 1.29 is 9.21 Å². The quantitative estimate of drug-likeness (QED) is 0.385. The fraction of sp³-hybridized carbons (Fsp3) is 0.474. The predicted octanol–water partition coefficient (Wildman–Crippen LogP) is 2.30. The molecule has 0 atom stereocenters. The van der Waals surface area contributed by atoms with Crippen LogP contribution in [0.15, 0.2) is 45.3 Å². The third-order valence-electron chi connectivity index (χ3n) is 4.41. The van der Waals surface area contributed by atoms with Gasteiger partial charge in [0.2, 0.25) is 0 Å². The molecule has 27 heavy (non-hydrogen) atoms. The standard InChI is InChI=1S/C19H27N5O2S/c1-2-20-19(22-10-9-21-18(25)16-5-3-13-26-16)23-15-7-11-24(12-8-15)17-6-4-14-27-17/h3-6,13-15H,2,7-12H2,1H3,(H,21,25)(H2,20,22,23). The minimum absolute atomic E-state index is 0.214. The Morgan fingerprint density at radius 1 is 1.30 bits per heavy atom. The maximum absolute atomic E-state index is 11.8. The number of carbonyl (C=O) groups is 1. The Hall–Kier alpha value is -2.48. The van der Waals surface area contributed by atoms with Crippen molar-refractivity contribution in [2.24, 2.45) is 4.99 Å².